The van der Waals surface area contributed by atoms with Gasteiger partial charge in [0.05, 0.1) is 0 Å². The second-order valence-corrected chi connectivity index (χ2v) is 9.12. The highest BCUT2D eigenvalue weighted by atomic mass is 31.1. The van der Waals surface area contributed by atoms with Crippen molar-refractivity contribution in [3.05, 3.63) is 95.1 Å². The summed E-state index contributed by atoms with van der Waals surface area (Å²) in [6, 6.07) is 23.7. The molecule has 0 aliphatic carbocycles. The molecule has 3 rings (SSSR count). The molecule has 0 saturated heterocycles. The molecule has 0 radical (unpaired) electrons. The summed E-state index contributed by atoms with van der Waals surface area (Å²) >= 11 is 0. The summed E-state index contributed by atoms with van der Waals surface area (Å²) in [5, 5.41) is 22.4. The van der Waals surface area contributed by atoms with Gasteiger partial charge in [0.1, 0.15) is 11.9 Å². The minimum Gasteiger partial charge on any atom is -0.508 e. The fourth-order valence-corrected chi connectivity index (χ4v) is 5.05. The van der Waals surface area contributed by atoms with E-state index < -0.39 is 6.10 Å². The molecule has 140 valence electrons. The fraction of sp³-hybridized carbons (Fsp3) is 0.250. The summed E-state index contributed by atoms with van der Waals surface area (Å²) < 4.78 is 0. The van der Waals surface area contributed by atoms with E-state index >= 15 is 0 Å². The van der Waals surface area contributed by atoms with Crippen LogP contribution in [0.5, 0.6) is 5.75 Å². The van der Waals surface area contributed by atoms with Crippen molar-refractivity contribution < 1.29 is 10.2 Å². The predicted octanol–water partition coefficient (Wildman–Crippen LogP) is 5.41. The number of hydrogen-bond donors (Lipinski definition) is 2. The molecule has 2 nitrogen and oxygen atoms in total. The van der Waals surface area contributed by atoms with Crippen LogP contribution in [0.3, 0.4) is 0 Å². The van der Waals surface area contributed by atoms with Gasteiger partial charge in [0.15, 0.2) is 0 Å². The lowest BCUT2D eigenvalue weighted by Gasteiger charge is -2.31. The summed E-state index contributed by atoms with van der Waals surface area (Å²) in [6.07, 6.45) is 0.250. The van der Waals surface area contributed by atoms with E-state index in [2.05, 4.69) is 32.9 Å². The van der Waals surface area contributed by atoms with Crippen LogP contribution < -0.4 is 5.30 Å². The molecule has 3 unspecified atom stereocenters. The number of phenols is 1. The second kappa shape index (κ2) is 8.25. The van der Waals surface area contributed by atoms with E-state index in [0.717, 1.165) is 34.0 Å². The Labute approximate surface area is 163 Å². The normalized spacial score (nSPS) is 15.0. The minimum atomic E-state index is -0.651. The first kappa shape index (κ1) is 19.6. The van der Waals surface area contributed by atoms with Crippen LogP contribution in [-0.2, 0) is 5.16 Å². The number of hydrogen-bond acceptors (Lipinski definition) is 2. The van der Waals surface area contributed by atoms with Crippen LogP contribution in [0.4, 0.5) is 0 Å². The van der Waals surface area contributed by atoms with Crippen molar-refractivity contribution in [3.63, 3.8) is 0 Å². The van der Waals surface area contributed by atoms with E-state index in [4.69, 9.17) is 0 Å². The van der Waals surface area contributed by atoms with Crippen molar-refractivity contribution >= 4 is 13.9 Å². The molecule has 0 aliphatic heterocycles. The van der Waals surface area contributed by atoms with Crippen molar-refractivity contribution in [3.8, 4) is 5.75 Å². The SMILES string of the molecule is CCC(C)(Pc1ccccc1C(O)c1ccccc1)c1cc(C)ccc1O. The largest absolute Gasteiger partial charge is 0.508 e. The van der Waals surface area contributed by atoms with Gasteiger partial charge in [-0.1, -0.05) is 94.7 Å². The lowest BCUT2D eigenvalue weighted by Crippen LogP contribution is -2.21. The van der Waals surface area contributed by atoms with Crippen LogP contribution in [0.25, 0.3) is 0 Å². The third-order valence-electron chi connectivity index (χ3n) is 5.23. The number of phenolic OH excluding ortho intramolecular Hbond substituents is 1. The summed E-state index contributed by atoms with van der Waals surface area (Å²) in [7, 11) is 0.435. The third-order valence-corrected chi connectivity index (χ3v) is 7.13. The van der Waals surface area contributed by atoms with E-state index in [0.29, 0.717) is 14.3 Å². The van der Waals surface area contributed by atoms with Crippen LogP contribution in [0.15, 0.2) is 72.8 Å². The highest BCUT2D eigenvalue weighted by molar-refractivity contribution is 7.48. The van der Waals surface area contributed by atoms with Crippen LogP contribution in [-0.4, -0.2) is 10.2 Å². The number of aliphatic hydroxyl groups is 1. The molecule has 0 heterocycles. The van der Waals surface area contributed by atoms with Crippen LogP contribution in [0.1, 0.15) is 48.6 Å². The first-order valence-corrected chi connectivity index (χ1v) is 10.3. The molecule has 2 N–H and O–H groups in total. The molecule has 3 heteroatoms. The lowest BCUT2D eigenvalue weighted by molar-refractivity contribution is 0.221. The molecular weight excluding hydrogens is 351 g/mol. The van der Waals surface area contributed by atoms with E-state index in [1.807, 2.05) is 54.6 Å². The first-order valence-electron chi connectivity index (χ1n) is 9.35. The Morgan fingerprint density at radius 2 is 1.63 bits per heavy atom. The molecule has 0 bridgehead atoms. The maximum atomic E-state index is 11.0. The number of aliphatic hydroxyl groups excluding tert-OH is 1. The fourth-order valence-electron chi connectivity index (χ4n) is 3.40. The Bertz CT molecular complexity index is 907. The van der Waals surface area contributed by atoms with E-state index in [1.165, 1.54) is 0 Å². The topological polar surface area (TPSA) is 40.5 Å². The van der Waals surface area contributed by atoms with E-state index in [9.17, 15) is 10.2 Å². The van der Waals surface area contributed by atoms with Crippen molar-refractivity contribution in [2.24, 2.45) is 0 Å². The molecule has 3 aromatic rings. The molecule has 3 aromatic carbocycles. The Morgan fingerprint density at radius 3 is 2.33 bits per heavy atom. The molecule has 0 aliphatic rings. The Kier molecular flexibility index (Phi) is 5.99. The summed E-state index contributed by atoms with van der Waals surface area (Å²) in [5.41, 5.74) is 3.96. The van der Waals surface area contributed by atoms with Gasteiger partial charge < -0.3 is 10.2 Å². The van der Waals surface area contributed by atoms with Crippen molar-refractivity contribution in [2.75, 3.05) is 0 Å². The van der Waals surface area contributed by atoms with Crippen LogP contribution in [0.2, 0.25) is 0 Å². The summed E-state index contributed by atoms with van der Waals surface area (Å²) in [4.78, 5) is 0. The van der Waals surface area contributed by atoms with Gasteiger partial charge in [-0.2, -0.15) is 0 Å². The van der Waals surface area contributed by atoms with Gasteiger partial charge in [0.25, 0.3) is 0 Å². The molecular formula is C24H27O2P. The zero-order valence-electron chi connectivity index (χ0n) is 16.1. The average Bonchev–Trinajstić information content (AvgIpc) is 2.70. The number of rotatable bonds is 6. The van der Waals surface area contributed by atoms with Crippen molar-refractivity contribution in [2.45, 2.75) is 38.5 Å². The van der Waals surface area contributed by atoms with Crippen molar-refractivity contribution in [1.29, 1.82) is 0 Å². The maximum Gasteiger partial charge on any atom is 0.119 e. The quantitative estimate of drug-likeness (QED) is 0.563. The van der Waals surface area contributed by atoms with Gasteiger partial charge >= 0.3 is 0 Å². The number of aryl methyl sites for hydroxylation is 1. The Balaban J connectivity index is 2.01. The standard InChI is InChI=1S/C24H27O2P/c1-4-24(3,20-16-17(2)14-15-21(20)25)27-22-13-9-8-12-19(22)23(26)18-10-6-5-7-11-18/h5-16,23,25-27H,4H2,1-3H3. The second-order valence-electron chi connectivity index (χ2n) is 7.23. The average molecular weight is 378 g/mol. The number of benzene rings is 3. The number of aromatic hydroxyl groups is 1. The molecule has 0 spiro atoms. The monoisotopic (exact) mass is 378 g/mol. The van der Waals surface area contributed by atoms with Gasteiger partial charge in [-0.25, -0.2) is 0 Å². The predicted molar refractivity (Wildman–Crippen MR) is 115 cm³/mol. The molecule has 0 amide bonds. The highest BCUT2D eigenvalue weighted by Crippen LogP contribution is 2.48. The van der Waals surface area contributed by atoms with Crippen LogP contribution in [0, 0.1) is 6.92 Å². The minimum absolute atomic E-state index is 0.192. The van der Waals surface area contributed by atoms with E-state index in [-0.39, 0.29) is 5.16 Å². The smallest absolute Gasteiger partial charge is 0.119 e. The summed E-state index contributed by atoms with van der Waals surface area (Å²) in [6.45, 7) is 6.41. The molecule has 0 saturated carbocycles. The lowest BCUT2D eigenvalue weighted by atomic mass is 9.95. The highest BCUT2D eigenvalue weighted by Gasteiger charge is 2.29. The van der Waals surface area contributed by atoms with Gasteiger partial charge in [-0.05, 0) is 35.8 Å². The van der Waals surface area contributed by atoms with Gasteiger partial charge in [0.2, 0.25) is 0 Å². The van der Waals surface area contributed by atoms with Gasteiger partial charge in [0, 0.05) is 10.7 Å². The van der Waals surface area contributed by atoms with Crippen LogP contribution >= 0.6 is 8.58 Å². The first-order chi connectivity index (χ1) is 12.9. The molecule has 3 atom stereocenters. The van der Waals surface area contributed by atoms with Gasteiger partial charge in [-0.15, -0.1) is 0 Å². The Morgan fingerprint density at radius 1 is 0.963 bits per heavy atom. The summed E-state index contributed by atoms with van der Waals surface area (Å²) in [5.74, 6) is 0.346. The Hall–Kier alpha value is -2.15. The van der Waals surface area contributed by atoms with Gasteiger partial charge in [-0.3, -0.25) is 0 Å². The third kappa shape index (κ3) is 4.24. The maximum absolute atomic E-state index is 11.0. The van der Waals surface area contributed by atoms with E-state index in [1.54, 1.807) is 6.07 Å². The van der Waals surface area contributed by atoms with Crippen molar-refractivity contribution in [1.82, 2.24) is 0 Å². The molecule has 0 aromatic heterocycles. The zero-order chi connectivity index (χ0) is 19.4. The molecule has 27 heavy (non-hydrogen) atoms. The molecule has 0 fully saturated rings. The zero-order valence-corrected chi connectivity index (χ0v) is 17.1.